The number of hydrogen-bond donors (Lipinski definition) is 2. The number of amides is 1. The summed E-state index contributed by atoms with van der Waals surface area (Å²) < 4.78 is 15.0. The predicted octanol–water partition coefficient (Wildman–Crippen LogP) is 0.359. The first-order chi connectivity index (χ1) is 9.88. The molecule has 1 aliphatic heterocycles. The summed E-state index contributed by atoms with van der Waals surface area (Å²) in [5, 5.41) is 9.46. The fourth-order valence-electron chi connectivity index (χ4n) is 3.41. The van der Waals surface area contributed by atoms with Crippen LogP contribution in [-0.2, 0) is 4.79 Å². The smallest absolute Gasteiger partial charge is 0.314 e. The normalized spacial score (nSPS) is 31.2. The number of aromatic nitrogens is 2. The van der Waals surface area contributed by atoms with Crippen molar-refractivity contribution < 1.29 is 19.1 Å². The average Bonchev–Trinajstić information content (AvgIpc) is 2.90. The maximum absolute atomic E-state index is 15.0. The second-order valence-corrected chi connectivity index (χ2v) is 5.69. The van der Waals surface area contributed by atoms with Crippen LogP contribution in [0.1, 0.15) is 29.8 Å². The molecule has 3 N–H and O–H groups in total. The number of carboxylic acid groups (broad SMARTS) is 1. The van der Waals surface area contributed by atoms with E-state index in [0.717, 1.165) is 0 Å². The molecule has 8 heteroatoms. The summed E-state index contributed by atoms with van der Waals surface area (Å²) in [6, 6.07) is 0. The van der Waals surface area contributed by atoms with Crippen molar-refractivity contribution in [2.75, 3.05) is 18.0 Å². The van der Waals surface area contributed by atoms with Crippen LogP contribution in [0.15, 0.2) is 12.4 Å². The second kappa shape index (κ2) is 4.37. The summed E-state index contributed by atoms with van der Waals surface area (Å²) in [5.74, 6) is -1.45. The number of nitrogens with zero attached hydrogens (tertiary/aromatic N) is 3. The molecule has 1 saturated carbocycles. The Hall–Kier alpha value is -2.25. The zero-order valence-electron chi connectivity index (χ0n) is 11.3. The molecule has 1 saturated heterocycles. The number of aliphatic carboxylic acids is 1. The van der Waals surface area contributed by atoms with E-state index in [4.69, 9.17) is 5.73 Å². The molecule has 21 heavy (non-hydrogen) atoms. The molecule has 2 heterocycles. The van der Waals surface area contributed by atoms with Crippen LogP contribution < -0.4 is 10.6 Å². The number of nitrogens with two attached hydrogens (primary N) is 1. The monoisotopic (exact) mass is 294 g/mol. The molecule has 2 fully saturated rings. The van der Waals surface area contributed by atoms with Crippen molar-refractivity contribution in [3.8, 4) is 0 Å². The predicted molar refractivity (Wildman–Crippen MR) is 70.5 cm³/mol. The average molecular weight is 294 g/mol. The highest BCUT2D eigenvalue weighted by molar-refractivity contribution is 5.90. The highest BCUT2D eigenvalue weighted by Crippen LogP contribution is 2.54. The lowest BCUT2D eigenvalue weighted by Gasteiger charge is -2.27. The molecule has 0 radical (unpaired) electrons. The van der Waals surface area contributed by atoms with Crippen molar-refractivity contribution in [3.63, 3.8) is 0 Å². The number of carbonyl (C=O) groups excluding carboxylic acids is 1. The summed E-state index contributed by atoms with van der Waals surface area (Å²) in [4.78, 5) is 32.0. The molecular formula is C13H15FN4O3. The first kappa shape index (κ1) is 13.7. The maximum Gasteiger partial charge on any atom is 0.314 e. The van der Waals surface area contributed by atoms with Crippen LogP contribution in [0.2, 0.25) is 0 Å². The van der Waals surface area contributed by atoms with E-state index in [1.165, 1.54) is 12.4 Å². The van der Waals surface area contributed by atoms with Crippen molar-refractivity contribution in [2.45, 2.75) is 24.9 Å². The van der Waals surface area contributed by atoms with Gasteiger partial charge in [-0.2, -0.15) is 0 Å². The molecule has 1 aromatic heterocycles. The standard InChI is InChI=1S/C13H15FN4O3/c14-13-3-1-2-12(13,11(20)21)6-18(7-13)9-5-16-8(4-17-9)10(15)19/h4-5H,1-3,6-7H2,(H2,15,19)(H,20,21)/t12-,13-/m0/s1. The van der Waals surface area contributed by atoms with E-state index in [-0.39, 0.29) is 25.2 Å². The van der Waals surface area contributed by atoms with Gasteiger partial charge < -0.3 is 15.7 Å². The fourth-order valence-corrected chi connectivity index (χ4v) is 3.41. The Labute approximate surface area is 120 Å². The van der Waals surface area contributed by atoms with Crippen molar-refractivity contribution in [2.24, 2.45) is 11.1 Å². The van der Waals surface area contributed by atoms with Crippen molar-refractivity contribution in [3.05, 3.63) is 18.1 Å². The van der Waals surface area contributed by atoms with E-state index in [0.29, 0.717) is 18.7 Å². The molecule has 1 aliphatic carbocycles. The van der Waals surface area contributed by atoms with Gasteiger partial charge in [0, 0.05) is 6.54 Å². The molecule has 112 valence electrons. The first-order valence-electron chi connectivity index (χ1n) is 6.67. The summed E-state index contributed by atoms with van der Waals surface area (Å²) >= 11 is 0. The van der Waals surface area contributed by atoms with Crippen LogP contribution >= 0.6 is 0 Å². The van der Waals surface area contributed by atoms with Gasteiger partial charge in [-0.3, -0.25) is 9.59 Å². The molecule has 0 unspecified atom stereocenters. The van der Waals surface area contributed by atoms with Crippen LogP contribution in [0.3, 0.4) is 0 Å². The maximum atomic E-state index is 15.0. The van der Waals surface area contributed by atoms with Crippen LogP contribution in [0, 0.1) is 5.41 Å². The molecule has 0 aromatic carbocycles. The lowest BCUT2D eigenvalue weighted by Crippen LogP contribution is -2.45. The number of alkyl halides is 1. The highest BCUT2D eigenvalue weighted by Gasteiger charge is 2.66. The first-order valence-corrected chi connectivity index (χ1v) is 6.67. The molecule has 2 atom stereocenters. The molecule has 0 bridgehead atoms. The van der Waals surface area contributed by atoms with Gasteiger partial charge in [0.25, 0.3) is 5.91 Å². The topological polar surface area (TPSA) is 109 Å². The molecule has 3 rings (SSSR count). The van der Waals surface area contributed by atoms with Gasteiger partial charge in [-0.05, 0) is 19.3 Å². The number of rotatable bonds is 3. The quantitative estimate of drug-likeness (QED) is 0.833. The lowest BCUT2D eigenvalue weighted by molar-refractivity contribution is -0.153. The lowest BCUT2D eigenvalue weighted by atomic mass is 9.78. The molecular weight excluding hydrogens is 279 g/mol. The number of fused-ring (bicyclic) bond motifs is 1. The molecule has 1 aromatic rings. The zero-order chi connectivity index (χ0) is 15.3. The Morgan fingerprint density at radius 1 is 1.29 bits per heavy atom. The van der Waals surface area contributed by atoms with Gasteiger partial charge in [-0.25, -0.2) is 14.4 Å². The van der Waals surface area contributed by atoms with E-state index in [1.807, 2.05) is 0 Å². The number of carboxylic acids is 1. The molecule has 2 aliphatic rings. The van der Waals surface area contributed by atoms with Gasteiger partial charge in [0.1, 0.15) is 22.6 Å². The van der Waals surface area contributed by atoms with Gasteiger partial charge in [0.15, 0.2) is 0 Å². The van der Waals surface area contributed by atoms with Crippen LogP contribution in [0.25, 0.3) is 0 Å². The Kier molecular flexibility index (Phi) is 2.86. The van der Waals surface area contributed by atoms with Gasteiger partial charge in [-0.15, -0.1) is 0 Å². The Morgan fingerprint density at radius 3 is 2.57 bits per heavy atom. The van der Waals surface area contributed by atoms with Gasteiger partial charge in [-0.1, -0.05) is 0 Å². The second-order valence-electron chi connectivity index (χ2n) is 5.69. The number of hydrogen-bond acceptors (Lipinski definition) is 5. The third kappa shape index (κ3) is 1.85. The zero-order valence-corrected chi connectivity index (χ0v) is 11.3. The Morgan fingerprint density at radius 2 is 2.05 bits per heavy atom. The summed E-state index contributed by atoms with van der Waals surface area (Å²) in [6.45, 7) is 0.0350. The van der Waals surface area contributed by atoms with Crippen LogP contribution in [0.5, 0.6) is 0 Å². The minimum atomic E-state index is -1.75. The molecule has 7 nitrogen and oxygen atoms in total. The Balaban J connectivity index is 1.89. The summed E-state index contributed by atoms with van der Waals surface area (Å²) in [7, 11) is 0. The summed E-state index contributed by atoms with van der Waals surface area (Å²) in [6.07, 6.45) is 3.66. The minimum absolute atomic E-state index is 0.0149. The van der Waals surface area contributed by atoms with Crippen LogP contribution in [0.4, 0.5) is 10.2 Å². The largest absolute Gasteiger partial charge is 0.481 e. The molecule has 1 amide bonds. The number of anilines is 1. The van der Waals surface area contributed by atoms with E-state index in [1.54, 1.807) is 4.90 Å². The van der Waals surface area contributed by atoms with Gasteiger partial charge >= 0.3 is 5.97 Å². The minimum Gasteiger partial charge on any atom is -0.481 e. The van der Waals surface area contributed by atoms with E-state index in [9.17, 15) is 14.7 Å². The van der Waals surface area contributed by atoms with E-state index >= 15 is 4.39 Å². The summed E-state index contributed by atoms with van der Waals surface area (Å²) in [5.41, 5.74) is 1.97. The van der Waals surface area contributed by atoms with E-state index in [2.05, 4.69) is 9.97 Å². The van der Waals surface area contributed by atoms with Crippen LogP contribution in [-0.4, -0.2) is 45.7 Å². The SMILES string of the molecule is NC(=O)c1cnc(N2C[C@@]3(F)CCC[C@@]3(C(=O)O)C2)cn1. The molecule has 0 spiro atoms. The number of primary amides is 1. The third-order valence-corrected chi connectivity index (χ3v) is 4.56. The number of carbonyl (C=O) groups is 2. The fraction of sp³-hybridized carbons (Fsp3) is 0.538. The highest BCUT2D eigenvalue weighted by atomic mass is 19.1. The number of halogens is 1. The third-order valence-electron chi connectivity index (χ3n) is 4.56. The van der Waals surface area contributed by atoms with Crippen molar-refractivity contribution in [1.82, 2.24) is 9.97 Å². The van der Waals surface area contributed by atoms with Crippen molar-refractivity contribution >= 4 is 17.7 Å². The van der Waals surface area contributed by atoms with Gasteiger partial charge in [0.05, 0.1) is 18.9 Å². The Bertz CT molecular complexity index is 608. The van der Waals surface area contributed by atoms with Crippen molar-refractivity contribution in [1.29, 1.82) is 0 Å². The van der Waals surface area contributed by atoms with Gasteiger partial charge in [0.2, 0.25) is 0 Å². The van der Waals surface area contributed by atoms with E-state index < -0.39 is 23.0 Å².